The number of nitrogens with one attached hydrogen (secondary N) is 1. The molecule has 0 aliphatic carbocycles. The Labute approximate surface area is 166 Å². The molecule has 0 radical (unpaired) electrons. The molecule has 3 aromatic carbocycles. The minimum absolute atomic E-state index is 0.210. The van der Waals surface area contributed by atoms with Gasteiger partial charge in [-0.2, -0.15) is 0 Å². The van der Waals surface area contributed by atoms with Crippen LogP contribution in [0.4, 0.5) is 5.69 Å². The lowest BCUT2D eigenvalue weighted by atomic mass is 10.0. The summed E-state index contributed by atoms with van der Waals surface area (Å²) in [6.45, 7) is 0. The number of hydrogen-bond acceptors (Lipinski definition) is 3. The van der Waals surface area contributed by atoms with Gasteiger partial charge in [-0.3, -0.25) is 9.59 Å². The molecule has 138 valence electrons. The fraction of sp³-hybridized carbons (Fsp3) is 0.0455. The number of carbonyl (C=O) groups excluding carboxylic acids is 2. The lowest BCUT2D eigenvalue weighted by molar-refractivity contribution is 0.102. The highest BCUT2D eigenvalue weighted by molar-refractivity contribution is 6.31. The summed E-state index contributed by atoms with van der Waals surface area (Å²) in [5, 5.41) is 3.25. The number of nitrogens with zero attached hydrogens (tertiary/aromatic N) is 2. The normalized spacial score (nSPS) is 10.8. The number of halogens is 1. The van der Waals surface area contributed by atoms with Crippen LogP contribution in [0.15, 0.2) is 73.1 Å². The van der Waals surface area contributed by atoms with Gasteiger partial charge in [-0.15, -0.1) is 0 Å². The lowest BCUT2D eigenvalue weighted by Gasteiger charge is -2.11. The molecule has 0 unspecified atom stereocenters. The zero-order valence-electron chi connectivity index (χ0n) is 15.0. The Hall–Kier alpha value is -3.44. The van der Waals surface area contributed by atoms with Gasteiger partial charge in [0.05, 0.1) is 23.0 Å². The third-order valence-corrected chi connectivity index (χ3v) is 4.73. The second-order valence-corrected chi connectivity index (χ2v) is 6.83. The number of aryl methyl sites for hydroxylation is 1. The number of fused-ring (bicyclic) bond motifs is 1. The van der Waals surface area contributed by atoms with Gasteiger partial charge in [-0.1, -0.05) is 41.9 Å². The summed E-state index contributed by atoms with van der Waals surface area (Å²) in [4.78, 5) is 29.9. The van der Waals surface area contributed by atoms with E-state index in [2.05, 4.69) is 10.3 Å². The predicted octanol–water partition coefficient (Wildman–Crippen LogP) is 4.71. The first kappa shape index (κ1) is 17.9. The molecule has 0 saturated carbocycles. The molecule has 0 atom stereocenters. The maximum Gasteiger partial charge on any atom is 0.255 e. The van der Waals surface area contributed by atoms with E-state index in [1.165, 1.54) is 0 Å². The van der Waals surface area contributed by atoms with Gasteiger partial charge < -0.3 is 9.88 Å². The number of amides is 1. The van der Waals surface area contributed by atoms with Crippen LogP contribution < -0.4 is 5.32 Å². The summed E-state index contributed by atoms with van der Waals surface area (Å²) in [5.41, 5.74) is 3.39. The van der Waals surface area contributed by atoms with Crippen molar-refractivity contribution >= 4 is 40.0 Å². The molecule has 1 amide bonds. The van der Waals surface area contributed by atoms with Crippen LogP contribution in [-0.4, -0.2) is 21.2 Å². The predicted molar refractivity (Wildman–Crippen MR) is 110 cm³/mol. The zero-order valence-corrected chi connectivity index (χ0v) is 15.8. The Balaban J connectivity index is 1.67. The molecular weight excluding hydrogens is 374 g/mol. The molecule has 28 heavy (non-hydrogen) atoms. The molecule has 0 aliphatic heterocycles. The second kappa shape index (κ2) is 7.29. The number of aromatic nitrogens is 2. The minimum Gasteiger partial charge on any atom is -0.334 e. The number of benzene rings is 3. The molecule has 1 aromatic heterocycles. The van der Waals surface area contributed by atoms with Crippen LogP contribution in [0.3, 0.4) is 0 Å². The average Bonchev–Trinajstić information content (AvgIpc) is 3.09. The molecule has 4 rings (SSSR count). The number of carbonyl (C=O) groups is 2. The lowest BCUT2D eigenvalue weighted by Crippen LogP contribution is -2.15. The smallest absolute Gasteiger partial charge is 0.255 e. The first-order valence-corrected chi connectivity index (χ1v) is 9.02. The Bertz CT molecular complexity index is 1200. The van der Waals surface area contributed by atoms with Crippen LogP contribution in [0.25, 0.3) is 11.0 Å². The highest BCUT2D eigenvalue weighted by atomic mass is 35.5. The fourth-order valence-corrected chi connectivity index (χ4v) is 3.20. The van der Waals surface area contributed by atoms with E-state index in [0.29, 0.717) is 27.4 Å². The molecule has 6 heteroatoms. The molecule has 0 aliphatic rings. The van der Waals surface area contributed by atoms with Crippen LogP contribution in [0.2, 0.25) is 5.02 Å². The van der Waals surface area contributed by atoms with Gasteiger partial charge in [0.15, 0.2) is 5.78 Å². The van der Waals surface area contributed by atoms with Gasteiger partial charge in [0.1, 0.15) is 0 Å². The highest BCUT2D eigenvalue weighted by Crippen LogP contribution is 2.25. The SMILES string of the molecule is Cn1cnc2cc(C(=O)Nc3ccc(Cl)cc3C(=O)c3ccccc3)ccc21. The topological polar surface area (TPSA) is 64.0 Å². The largest absolute Gasteiger partial charge is 0.334 e. The monoisotopic (exact) mass is 389 g/mol. The van der Waals surface area contributed by atoms with Gasteiger partial charge >= 0.3 is 0 Å². The van der Waals surface area contributed by atoms with Crippen LogP contribution in [-0.2, 0) is 7.05 Å². The highest BCUT2D eigenvalue weighted by Gasteiger charge is 2.17. The number of rotatable bonds is 4. The van der Waals surface area contributed by atoms with Crippen LogP contribution in [0.1, 0.15) is 26.3 Å². The van der Waals surface area contributed by atoms with E-state index in [4.69, 9.17) is 11.6 Å². The Morgan fingerprint density at radius 1 is 0.964 bits per heavy atom. The molecule has 4 aromatic rings. The first-order valence-electron chi connectivity index (χ1n) is 8.64. The van der Waals surface area contributed by atoms with Crippen molar-refractivity contribution in [2.45, 2.75) is 0 Å². The van der Waals surface area contributed by atoms with Gasteiger partial charge in [0.25, 0.3) is 5.91 Å². The van der Waals surface area contributed by atoms with Crippen molar-refractivity contribution in [1.29, 1.82) is 0 Å². The average molecular weight is 390 g/mol. The molecule has 0 bridgehead atoms. The Morgan fingerprint density at radius 3 is 2.54 bits per heavy atom. The van der Waals surface area contributed by atoms with E-state index in [9.17, 15) is 9.59 Å². The summed E-state index contributed by atoms with van der Waals surface area (Å²) in [5.74, 6) is -0.532. The quantitative estimate of drug-likeness (QED) is 0.514. The molecule has 1 heterocycles. The maximum atomic E-state index is 12.9. The summed E-state index contributed by atoms with van der Waals surface area (Å²) in [6, 6.07) is 19.0. The summed E-state index contributed by atoms with van der Waals surface area (Å²) in [7, 11) is 1.89. The number of imidazole rings is 1. The van der Waals surface area contributed by atoms with Crippen LogP contribution in [0.5, 0.6) is 0 Å². The van der Waals surface area contributed by atoms with Gasteiger partial charge in [0.2, 0.25) is 0 Å². The summed E-state index contributed by atoms with van der Waals surface area (Å²) >= 11 is 6.09. The number of ketones is 1. The molecule has 1 N–H and O–H groups in total. The van der Waals surface area contributed by atoms with E-state index in [-0.39, 0.29) is 11.7 Å². The van der Waals surface area contributed by atoms with Crippen LogP contribution in [0, 0.1) is 0 Å². The maximum absolute atomic E-state index is 12.9. The number of anilines is 1. The Kier molecular flexibility index (Phi) is 4.67. The van der Waals surface area contributed by atoms with E-state index < -0.39 is 0 Å². The van der Waals surface area contributed by atoms with E-state index in [0.717, 1.165) is 11.0 Å². The zero-order chi connectivity index (χ0) is 19.7. The van der Waals surface area contributed by atoms with Crippen molar-refractivity contribution < 1.29 is 9.59 Å². The van der Waals surface area contributed by atoms with Gasteiger partial charge in [-0.05, 0) is 36.4 Å². The molecule has 5 nitrogen and oxygen atoms in total. The van der Waals surface area contributed by atoms with Crippen LogP contribution >= 0.6 is 11.6 Å². The van der Waals surface area contributed by atoms with Crippen molar-refractivity contribution in [2.24, 2.45) is 7.05 Å². The number of hydrogen-bond donors (Lipinski definition) is 1. The van der Waals surface area contributed by atoms with Crippen molar-refractivity contribution in [3.63, 3.8) is 0 Å². The summed E-state index contributed by atoms with van der Waals surface area (Å²) in [6.07, 6.45) is 1.70. The van der Waals surface area contributed by atoms with Crippen molar-refractivity contribution in [2.75, 3.05) is 5.32 Å². The molecular formula is C22H16ClN3O2. The first-order chi connectivity index (χ1) is 13.5. The van der Waals surface area contributed by atoms with Gasteiger partial charge in [-0.25, -0.2) is 4.98 Å². The molecule has 0 fully saturated rings. The molecule has 0 saturated heterocycles. The van der Waals surface area contributed by atoms with E-state index >= 15 is 0 Å². The van der Waals surface area contributed by atoms with E-state index in [1.807, 2.05) is 23.7 Å². The van der Waals surface area contributed by atoms with Crippen molar-refractivity contribution in [3.05, 3.63) is 94.8 Å². The standard InChI is InChI=1S/C22H16ClN3O2/c1-26-13-24-19-11-15(7-10-20(19)26)22(28)25-18-9-8-16(23)12-17(18)21(27)14-5-3-2-4-6-14/h2-13H,1H3,(H,25,28). The third-order valence-electron chi connectivity index (χ3n) is 4.50. The Morgan fingerprint density at radius 2 is 1.75 bits per heavy atom. The van der Waals surface area contributed by atoms with E-state index in [1.54, 1.807) is 60.9 Å². The molecule has 0 spiro atoms. The van der Waals surface area contributed by atoms with Crippen molar-refractivity contribution in [1.82, 2.24) is 9.55 Å². The minimum atomic E-state index is -0.322. The second-order valence-electron chi connectivity index (χ2n) is 6.40. The fourth-order valence-electron chi connectivity index (χ4n) is 3.03. The van der Waals surface area contributed by atoms with Gasteiger partial charge in [0, 0.05) is 28.8 Å². The van der Waals surface area contributed by atoms with Crippen molar-refractivity contribution in [3.8, 4) is 0 Å². The summed E-state index contributed by atoms with van der Waals surface area (Å²) < 4.78 is 1.88. The third kappa shape index (κ3) is 3.40.